The number of carbonyl (C=O) groups is 3. The molecule has 0 aliphatic carbocycles. The van der Waals surface area contributed by atoms with Crippen molar-refractivity contribution in [2.24, 2.45) is 0 Å². The van der Waals surface area contributed by atoms with Crippen molar-refractivity contribution in [2.45, 2.75) is 39.3 Å². The van der Waals surface area contributed by atoms with Crippen LogP contribution in [0.2, 0.25) is 0 Å². The fourth-order valence-corrected chi connectivity index (χ4v) is 4.53. The van der Waals surface area contributed by atoms with E-state index >= 15 is 0 Å². The maximum atomic E-state index is 13.2. The minimum Gasteiger partial charge on any atom is -0.357 e. The Morgan fingerprint density at radius 3 is 2.52 bits per heavy atom. The van der Waals surface area contributed by atoms with Gasteiger partial charge in [-0.1, -0.05) is 54.1 Å². The molecule has 6 heteroatoms. The Bertz CT molecular complexity index is 1210. The van der Waals surface area contributed by atoms with E-state index in [-0.39, 0.29) is 24.1 Å². The largest absolute Gasteiger partial charge is 0.357 e. The first kappa shape index (κ1) is 22.5. The van der Waals surface area contributed by atoms with Gasteiger partial charge in [0.25, 0.3) is 5.91 Å². The molecule has 0 saturated carbocycles. The van der Waals surface area contributed by atoms with Crippen LogP contribution in [0.1, 0.15) is 41.3 Å². The van der Waals surface area contributed by atoms with Crippen LogP contribution in [0.5, 0.6) is 0 Å². The third kappa shape index (κ3) is 4.46. The topological polar surface area (TPSA) is 69.7 Å². The van der Waals surface area contributed by atoms with Crippen molar-refractivity contribution >= 4 is 34.2 Å². The normalized spacial score (nSPS) is 13.3. The molecule has 1 aliphatic heterocycles. The monoisotopic (exact) mass is 443 g/mol. The maximum Gasteiger partial charge on any atom is 0.258 e. The molecule has 4 rings (SSSR count). The van der Waals surface area contributed by atoms with Crippen molar-refractivity contribution in [1.82, 2.24) is 10.2 Å². The molecule has 3 amide bonds. The van der Waals surface area contributed by atoms with E-state index < -0.39 is 6.04 Å². The number of likely N-dealkylation sites (N-methyl/N-ethyl adjacent to an activating group) is 1. The van der Waals surface area contributed by atoms with Crippen molar-refractivity contribution in [3.63, 3.8) is 0 Å². The van der Waals surface area contributed by atoms with Crippen LogP contribution in [0.25, 0.3) is 10.8 Å². The minimum absolute atomic E-state index is 0.0235. The lowest BCUT2D eigenvalue weighted by molar-refractivity contribution is -0.140. The van der Waals surface area contributed by atoms with Crippen molar-refractivity contribution in [2.75, 3.05) is 18.5 Å². The molecule has 6 nitrogen and oxygen atoms in total. The molecule has 1 N–H and O–H groups in total. The third-order valence-electron chi connectivity index (χ3n) is 6.27. The average molecular weight is 444 g/mol. The summed E-state index contributed by atoms with van der Waals surface area (Å²) in [5.74, 6) is -0.326. The number of hydrogen-bond donors (Lipinski definition) is 1. The molecule has 0 aromatic heterocycles. The highest BCUT2D eigenvalue weighted by Gasteiger charge is 2.30. The van der Waals surface area contributed by atoms with Gasteiger partial charge in [-0.25, -0.2) is 0 Å². The molecular formula is C27H29N3O3. The van der Waals surface area contributed by atoms with Gasteiger partial charge in [0.15, 0.2) is 0 Å². The molecule has 1 atom stereocenters. The summed E-state index contributed by atoms with van der Waals surface area (Å²) in [5, 5.41) is 4.66. The van der Waals surface area contributed by atoms with Gasteiger partial charge in [0, 0.05) is 37.5 Å². The Labute approximate surface area is 194 Å². The molecule has 1 aliphatic rings. The SMILES string of the molecule is CNC(=O)[C@H](C)N(Cc1cccc(C)c1)C(=O)CCCN1C(=O)c2cccc3cccc1c23. The molecule has 3 aromatic carbocycles. The Balaban J connectivity index is 1.46. The number of carbonyl (C=O) groups excluding carboxylic acids is 3. The smallest absolute Gasteiger partial charge is 0.258 e. The Morgan fingerprint density at radius 2 is 1.79 bits per heavy atom. The average Bonchev–Trinajstić information content (AvgIpc) is 3.09. The molecule has 0 saturated heterocycles. The lowest BCUT2D eigenvalue weighted by Crippen LogP contribution is -2.46. The van der Waals surface area contributed by atoms with E-state index in [1.807, 2.05) is 67.6 Å². The van der Waals surface area contributed by atoms with Crippen LogP contribution in [0.3, 0.4) is 0 Å². The molecule has 0 spiro atoms. The first-order valence-electron chi connectivity index (χ1n) is 11.3. The van der Waals surface area contributed by atoms with Crippen molar-refractivity contribution < 1.29 is 14.4 Å². The fraction of sp³-hybridized carbons (Fsp3) is 0.296. The van der Waals surface area contributed by atoms with E-state index in [2.05, 4.69) is 5.32 Å². The van der Waals surface area contributed by atoms with Crippen LogP contribution >= 0.6 is 0 Å². The van der Waals surface area contributed by atoms with Gasteiger partial charge in [-0.15, -0.1) is 0 Å². The van der Waals surface area contributed by atoms with Gasteiger partial charge in [0.05, 0.1) is 5.69 Å². The number of amides is 3. The van der Waals surface area contributed by atoms with Crippen molar-refractivity contribution in [1.29, 1.82) is 0 Å². The number of rotatable bonds is 8. The third-order valence-corrected chi connectivity index (χ3v) is 6.27. The Kier molecular flexibility index (Phi) is 6.45. The summed E-state index contributed by atoms with van der Waals surface area (Å²) >= 11 is 0. The number of anilines is 1. The van der Waals surface area contributed by atoms with Gasteiger partial charge in [-0.05, 0) is 43.4 Å². The van der Waals surface area contributed by atoms with E-state index in [1.165, 1.54) is 0 Å². The van der Waals surface area contributed by atoms with E-state index in [0.717, 1.165) is 27.6 Å². The van der Waals surface area contributed by atoms with Crippen LogP contribution in [-0.2, 0) is 16.1 Å². The van der Waals surface area contributed by atoms with Gasteiger partial charge >= 0.3 is 0 Å². The van der Waals surface area contributed by atoms with E-state index in [4.69, 9.17) is 0 Å². The molecule has 0 radical (unpaired) electrons. The van der Waals surface area contributed by atoms with Crippen LogP contribution in [0, 0.1) is 6.92 Å². The summed E-state index contributed by atoms with van der Waals surface area (Å²) in [7, 11) is 1.57. The van der Waals surface area contributed by atoms with E-state index in [9.17, 15) is 14.4 Å². The van der Waals surface area contributed by atoms with Gasteiger partial charge < -0.3 is 15.1 Å². The molecule has 0 bridgehead atoms. The standard InChI is InChI=1S/C27H29N3O3/c1-18-8-4-9-20(16-18)17-30(19(2)26(32)28-3)24(31)14-7-15-29-23-13-6-11-21-10-5-12-22(25(21)23)27(29)33/h4-6,8-13,16,19H,7,14-15,17H2,1-3H3,(H,28,32)/t19-/m0/s1. The molecule has 0 fully saturated rings. The molecule has 0 unspecified atom stereocenters. The first-order chi connectivity index (χ1) is 15.9. The minimum atomic E-state index is -0.588. The molecule has 33 heavy (non-hydrogen) atoms. The van der Waals surface area contributed by atoms with Gasteiger partial charge in [-0.2, -0.15) is 0 Å². The highest BCUT2D eigenvalue weighted by molar-refractivity contribution is 6.25. The van der Waals surface area contributed by atoms with Crippen LogP contribution in [0.15, 0.2) is 60.7 Å². The van der Waals surface area contributed by atoms with Gasteiger partial charge in [0.2, 0.25) is 11.8 Å². The zero-order valence-corrected chi connectivity index (χ0v) is 19.3. The van der Waals surface area contributed by atoms with Gasteiger partial charge in [-0.3, -0.25) is 14.4 Å². The first-order valence-corrected chi connectivity index (χ1v) is 11.3. The number of benzene rings is 3. The second kappa shape index (κ2) is 9.45. The summed E-state index contributed by atoms with van der Waals surface area (Å²) in [6.07, 6.45) is 0.767. The second-order valence-electron chi connectivity index (χ2n) is 8.54. The second-order valence-corrected chi connectivity index (χ2v) is 8.54. The summed E-state index contributed by atoms with van der Waals surface area (Å²) in [4.78, 5) is 41.9. The van der Waals surface area contributed by atoms with Crippen LogP contribution in [0.4, 0.5) is 5.69 Å². The Morgan fingerprint density at radius 1 is 1.06 bits per heavy atom. The molecular weight excluding hydrogens is 414 g/mol. The predicted octanol–water partition coefficient (Wildman–Crippen LogP) is 4.05. The van der Waals surface area contributed by atoms with Crippen LogP contribution in [-0.4, -0.2) is 42.3 Å². The number of nitrogens with one attached hydrogen (secondary N) is 1. The lowest BCUT2D eigenvalue weighted by atomic mass is 10.1. The fourth-order valence-electron chi connectivity index (χ4n) is 4.53. The summed E-state index contributed by atoms with van der Waals surface area (Å²) in [5.41, 5.74) is 3.70. The Hall–Kier alpha value is -3.67. The predicted molar refractivity (Wildman–Crippen MR) is 130 cm³/mol. The van der Waals surface area contributed by atoms with Gasteiger partial charge in [0.1, 0.15) is 6.04 Å². The van der Waals surface area contributed by atoms with Crippen molar-refractivity contribution in [3.8, 4) is 0 Å². The number of hydrogen-bond acceptors (Lipinski definition) is 3. The highest BCUT2D eigenvalue weighted by Crippen LogP contribution is 2.37. The number of aryl methyl sites for hydroxylation is 1. The summed E-state index contributed by atoms with van der Waals surface area (Å²) in [6, 6.07) is 19.0. The molecule has 170 valence electrons. The maximum absolute atomic E-state index is 13.2. The zero-order chi connectivity index (χ0) is 23.5. The van der Waals surface area contributed by atoms with E-state index in [1.54, 1.807) is 23.8 Å². The summed E-state index contributed by atoms with van der Waals surface area (Å²) < 4.78 is 0. The molecule has 1 heterocycles. The quantitative estimate of drug-likeness (QED) is 0.571. The zero-order valence-electron chi connectivity index (χ0n) is 19.3. The van der Waals surface area contributed by atoms with Crippen molar-refractivity contribution in [3.05, 3.63) is 77.4 Å². The highest BCUT2D eigenvalue weighted by atomic mass is 16.2. The lowest BCUT2D eigenvalue weighted by Gasteiger charge is -2.29. The van der Waals surface area contributed by atoms with Crippen LogP contribution < -0.4 is 10.2 Å². The number of nitrogens with zero attached hydrogens (tertiary/aromatic N) is 2. The summed E-state index contributed by atoms with van der Waals surface area (Å²) in [6.45, 7) is 4.56. The molecule has 3 aromatic rings. The van der Waals surface area contributed by atoms with E-state index in [0.29, 0.717) is 25.1 Å².